The van der Waals surface area contributed by atoms with Gasteiger partial charge in [-0.1, -0.05) is 187 Å². The molecule has 342 valence electrons. The fourth-order valence-electron chi connectivity index (χ4n) is 11.2. The van der Waals surface area contributed by atoms with Gasteiger partial charge in [0, 0.05) is 49.4 Å². The van der Waals surface area contributed by atoms with Gasteiger partial charge < -0.3 is 9.13 Å². The molecule has 4 heteroatoms. The van der Waals surface area contributed by atoms with Crippen molar-refractivity contribution >= 4 is 43.6 Å². The first-order valence-electron chi connectivity index (χ1n) is 24.8. The van der Waals surface area contributed by atoms with Crippen molar-refractivity contribution in [3.8, 4) is 78.7 Å². The number of benzene rings is 10. The Bertz CT molecular complexity index is 4030. The average molecular weight is 923 g/mol. The summed E-state index contributed by atoms with van der Waals surface area (Å²) < 4.78 is 4.93. The lowest BCUT2D eigenvalue weighted by Crippen LogP contribution is -2.04. The Kier molecular flexibility index (Phi) is 10.4. The monoisotopic (exact) mass is 922 g/mol. The van der Waals surface area contributed by atoms with E-state index in [4.69, 9.17) is 9.97 Å². The lowest BCUT2D eigenvalue weighted by Gasteiger charge is -2.21. The zero-order chi connectivity index (χ0) is 48.5. The first kappa shape index (κ1) is 42.9. The molecule has 0 radical (unpaired) electrons. The maximum Gasteiger partial charge on any atom is 0.161 e. The maximum atomic E-state index is 5.52. The molecule has 72 heavy (non-hydrogen) atoms. The standard InChI is InChI=1S/C68H50N4/c1-43-30-34-51(45(3)38-43)49-32-36-64-57(40-49)58-41-50(52-35-31-44(2)39-46(52)4)33-37-65(58)72(64)66-29-17-25-56(68-69-59(47-18-7-5-8-19-47)42-60(70-68)48-20-9-6-10-21-48)67(66)55-24-13-16-28-63(55)71-61-26-14-11-22-53(61)54-23-12-15-27-62(54)71/h5-42H,1-4H3. The number of aromatic nitrogens is 4. The summed E-state index contributed by atoms with van der Waals surface area (Å²) >= 11 is 0. The summed E-state index contributed by atoms with van der Waals surface area (Å²) in [6, 6.07) is 83.8. The molecule has 13 aromatic rings. The highest BCUT2D eigenvalue weighted by molar-refractivity contribution is 6.13. The molecule has 0 unspecified atom stereocenters. The quantitative estimate of drug-likeness (QED) is 0.152. The van der Waals surface area contributed by atoms with Crippen LogP contribution >= 0.6 is 0 Å². The molecule has 0 saturated heterocycles. The van der Waals surface area contributed by atoms with Crippen LogP contribution in [0.2, 0.25) is 0 Å². The molecule has 0 fully saturated rings. The number of aryl methyl sites for hydroxylation is 4. The van der Waals surface area contributed by atoms with E-state index in [0.29, 0.717) is 5.82 Å². The molecule has 10 aromatic carbocycles. The number of para-hydroxylation sites is 3. The van der Waals surface area contributed by atoms with Crippen LogP contribution in [0.15, 0.2) is 231 Å². The Labute approximate surface area is 419 Å². The summed E-state index contributed by atoms with van der Waals surface area (Å²) in [5.74, 6) is 0.652. The van der Waals surface area contributed by atoms with E-state index in [0.717, 1.165) is 72.6 Å². The van der Waals surface area contributed by atoms with E-state index in [9.17, 15) is 0 Å². The first-order chi connectivity index (χ1) is 35.4. The molecule has 0 aliphatic heterocycles. The summed E-state index contributed by atoms with van der Waals surface area (Å²) in [5.41, 5.74) is 23.4. The van der Waals surface area contributed by atoms with Crippen molar-refractivity contribution in [2.45, 2.75) is 27.7 Å². The molecule has 4 nitrogen and oxygen atoms in total. The molecule has 0 saturated carbocycles. The van der Waals surface area contributed by atoms with Crippen LogP contribution < -0.4 is 0 Å². The summed E-state index contributed by atoms with van der Waals surface area (Å²) in [5, 5.41) is 4.80. The van der Waals surface area contributed by atoms with Gasteiger partial charge in [-0.15, -0.1) is 0 Å². The van der Waals surface area contributed by atoms with Crippen molar-refractivity contribution < 1.29 is 0 Å². The van der Waals surface area contributed by atoms with Crippen LogP contribution in [-0.2, 0) is 0 Å². The minimum absolute atomic E-state index is 0.652. The van der Waals surface area contributed by atoms with E-state index in [2.05, 4.69) is 267 Å². The number of hydrogen-bond donors (Lipinski definition) is 0. The van der Waals surface area contributed by atoms with Gasteiger partial charge in [-0.05, 0) is 116 Å². The second kappa shape index (κ2) is 17.4. The van der Waals surface area contributed by atoms with E-state index in [-0.39, 0.29) is 0 Å². The Balaban J connectivity index is 1.15. The summed E-state index contributed by atoms with van der Waals surface area (Å²) in [6.07, 6.45) is 0. The van der Waals surface area contributed by atoms with E-state index >= 15 is 0 Å². The molecular weight excluding hydrogens is 873 g/mol. The highest BCUT2D eigenvalue weighted by atomic mass is 15.0. The highest BCUT2D eigenvalue weighted by Gasteiger charge is 2.25. The van der Waals surface area contributed by atoms with Gasteiger partial charge in [0.15, 0.2) is 5.82 Å². The molecule has 13 rings (SSSR count). The van der Waals surface area contributed by atoms with Crippen molar-refractivity contribution in [2.75, 3.05) is 0 Å². The minimum Gasteiger partial charge on any atom is -0.309 e. The molecule has 0 amide bonds. The predicted molar refractivity (Wildman–Crippen MR) is 302 cm³/mol. The highest BCUT2D eigenvalue weighted by Crippen LogP contribution is 2.46. The number of fused-ring (bicyclic) bond motifs is 6. The summed E-state index contributed by atoms with van der Waals surface area (Å²) in [6.45, 7) is 8.77. The fraction of sp³-hybridized carbons (Fsp3) is 0.0588. The summed E-state index contributed by atoms with van der Waals surface area (Å²) in [7, 11) is 0. The third-order valence-electron chi connectivity index (χ3n) is 14.5. The molecular formula is C68H50N4. The Morgan fingerprint density at radius 1 is 0.292 bits per heavy atom. The van der Waals surface area contributed by atoms with Gasteiger partial charge in [0.1, 0.15) is 0 Å². The molecule has 0 bridgehead atoms. The lowest BCUT2D eigenvalue weighted by atomic mass is 9.94. The molecule has 0 spiro atoms. The predicted octanol–water partition coefficient (Wildman–Crippen LogP) is 17.9. The maximum absolute atomic E-state index is 5.52. The van der Waals surface area contributed by atoms with Crippen LogP contribution in [0.25, 0.3) is 122 Å². The Hall–Kier alpha value is -9.12. The molecule has 0 atom stereocenters. The van der Waals surface area contributed by atoms with E-state index in [1.165, 1.54) is 66.1 Å². The first-order valence-corrected chi connectivity index (χ1v) is 24.8. The zero-order valence-electron chi connectivity index (χ0n) is 40.7. The van der Waals surface area contributed by atoms with Crippen LogP contribution in [0.3, 0.4) is 0 Å². The van der Waals surface area contributed by atoms with E-state index in [1.54, 1.807) is 0 Å². The number of hydrogen-bond acceptors (Lipinski definition) is 2. The van der Waals surface area contributed by atoms with Gasteiger partial charge in [-0.3, -0.25) is 0 Å². The van der Waals surface area contributed by atoms with Crippen LogP contribution in [0.1, 0.15) is 22.3 Å². The lowest BCUT2D eigenvalue weighted by molar-refractivity contribution is 1.15. The van der Waals surface area contributed by atoms with Gasteiger partial charge in [0.25, 0.3) is 0 Å². The van der Waals surface area contributed by atoms with Crippen LogP contribution in [0.4, 0.5) is 0 Å². The largest absolute Gasteiger partial charge is 0.309 e. The smallest absolute Gasteiger partial charge is 0.161 e. The SMILES string of the molecule is Cc1ccc(-c2ccc3c(c2)c2cc(-c4ccc(C)cc4C)ccc2n3-c2cccc(-c3nc(-c4ccccc4)cc(-c4ccccc4)n3)c2-c2ccccc2-n2c3ccccc3c3ccccc32)c(C)c1. The van der Waals surface area contributed by atoms with Gasteiger partial charge in [0.2, 0.25) is 0 Å². The van der Waals surface area contributed by atoms with Crippen molar-refractivity contribution in [1.82, 2.24) is 19.1 Å². The molecule has 0 aliphatic carbocycles. The second-order valence-electron chi connectivity index (χ2n) is 19.2. The average Bonchev–Trinajstić information content (AvgIpc) is 3.93. The van der Waals surface area contributed by atoms with Crippen molar-refractivity contribution in [2.24, 2.45) is 0 Å². The number of nitrogens with zero attached hydrogens (tertiary/aromatic N) is 4. The van der Waals surface area contributed by atoms with Crippen molar-refractivity contribution in [3.05, 3.63) is 253 Å². The second-order valence-corrected chi connectivity index (χ2v) is 19.2. The van der Waals surface area contributed by atoms with E-state index < -0.39 is 0 Å². The van der Waals surface area contributed by atoms with Gasteiger partial charge in [-0.25, -0.2) is 9.97 Å². The van der Waals surface area contributed by atoms with Crippen LogP contribution in [0, 0.1) is 27.7 Å². The third kappa shape index (κ3) is 7.22. The van der Waals surface area contributed by atoms with E-state index in [1.807, 2.05) is 0 Å². The van der Waals surface area contributed by atoms with Gasteiger partial charge in [-0.2, -0.15) is 0 Å². The molecule has 3 heterocycles. The zero-order valence-corrected chi connectivity index (χ0v) is 40.7. The molecule has 0 N–H and O–H groups in total. The summed E-state index contributed by atoms with van der Waals surface area (Å²) in [4.78, 5) is 11.0. The van der Waals surface area contributed by atoms with Gasteiger partial charge in [0.05, 0.1) is 44.8 Å². The Morgan fingerprint density at radius 3 is 1.28 bits per heavy atom. The number of rotatable bonds is 8. The van der Waals surface area contributed by atoms with Crippen LogP contribution in [-0.4, -0.2) is 19.1 Å². The molecule has 0 aliphatic rings. The normalized spacial score (nSPS) is 11.6. The third-order valence-corrected chi connectivity index (χ3v) is 14.5. The topological polar surface area (TPSA) is 35.6 Å². The molecule has 3 aromatic heterocycles. The fourth-order valence-corrected chi connectivity index (χ4v) is 11.2. The minimum atomic E-state index is 0.652. The Morgan fingerprint density at radius 2 is 0.736 bits per heavy atom. The van der Waals surface area contributed by atoms with Gasteiger partial charge >= 0.3 is 0 Å². The van der Waals surface area contributed by atoms with Crippen molar-refractivity contribution in [1.29, 1.82) is 0 Å². The van der Waals surface area contributed by atoms with Crippen LogP contribution in [0.5, 0.6) is 0 Å². The van der Waals surface area contributed by atoms with Crippen molar-refractivity contribution in [3.63, 3.8) is 0 Å².